The normalized spacial score (nSPS) is 9.50. The van der Waals surface area contributed by atoms with E-state index in [-0.39, 0.29) is 25.2 Å². The van der Waals surface area contributed by atoms with E-state index in [1.165, 1.54) is 6.92 Å². The van der Waals surface area contributed by atoms with Gasteiger partial charge in [-0.15, -0.1) is 0 Å². The Bertz CT molecular complexity index is 221. The number of ether oxygens (including phenoxy) is 1. The molecular formula is C9H14O5. The molecule has 0 aromatic heterocycles. The van der Waals surface area contributed by atoms with E-state index in [0.29, 0.717) is 12.8 Å². The summed E-state index contributed by atoms with van der Waals surface area (Å²) in [6.07, 6.45) is 0.543. The van der Waals surface area contributed by atoms with Gasteiger partial charge >= 0.3 is 11.9 Å². The van der Waals surface area contributed by atoms with E-state index < -0.39 is 11.9 Å². The third-order valence-corrected chi connectivity index (χ3v) is 1.48. The third kappa shape index (κ3) is 8.70. The van der Waals surface area contributed by atoms with Gasteiger partial charge in [-0.2, -0.15) is 0 Å². The van der Waals surface area contributed by atoms with E-state index in [1.54, 1.807) is 0 Å². The first kappa shape index (κ1) is 12.6. The number of carboxylic acid groups (broad SMARTS) is 1. The zero-order chi connectivity index (χ0) is 11.0. The molecule has 0 radical (unpaired) electrons. The van der Waals surface area contributed by atoms with Gasteiger partial charge in [0.1, 0.15) is 5.78 Å². The number of carbonyl (C=O) groups excluding carboxylic acids is 2. The van der Waals surface area contributed by atoms with Gasteiger partial charge in [0.05, 0.1) is 19.4 Å². The summed E-state index contributed by atoms with van der Waals surface area (Å²) in [5.74, 6) is -1.51. The summed E-state index contributed by atoms with van der Waals surface area (Å²) in [7, 11) is 0. The molecule has 14 heavy (non-hydrogen) atoms. The molecule has 0 aliphatic carbocycles. The minimum Gasteiger partial charge on any atom is -0.481 e. The monoisotopic (exact) mass is 202 g/mol. The Morgan fingerprint density at radius 3 is 2.29 bits per heavy atom. The van der Waals surface area contributed by atoms with Crippen molar-refractivity contribution in [2.24, 2.45) is 0 Å². The molecule has 5 nitrogen and oxygen atoms in total. The Labute approximate surface area is 82.1 Å². The molecule has 0 atom stereocenters. The van der Waals surface area contributed by atoms with E-state index in [9.17, 15) is 14.4 Å². The van der Waals surface area contributed by atoms with Crippen LogP contribution in [-0.4, -0.2) is 29.4 Å². The van der Waals surface area contributed by atoms with Crippen molar-refractivity contribution >= 4 is 17.7 Å². The van der Waals surface area contributed by atoms with Crippen LogP contribution in [0.5, 0.6) is 0 Å². The lowest BCUT2D eigenvalue weighted by Gasteiger charge is -2.01. The van der Waals surface area contributed by atoms with Crippen molar-refractivity contribution in [3.63, 3.8) is 0 Å². The Hall–Kier alpha value is -1.39. The zero-order valence-electron chi connectivity index (χ0n) is 8.12. The topological polar surface area (TPSA) is 80.7 Å². The maximum atomic E-state index is 10.8. The highest BCUT2D eigenvalue weighted by Crippen LogP contribution is 1.96. The molecule has 0 fully saturated rings. The molecule has 5 heteroatoms. The Kier molecular flexibility index (Phi) is 6.36. The lowest BCUT2D eigenvalue weighted by Crippen LogP contribution is -2.09. The third-order valence-electron chi connectivity index (χ3n) is 1.48. The average molecular weight is 202 g/mol. The van der Waals surface area contributed by atoms with Crippen LogP contribution in [0.4, 0.5) is 0 Å². The summed E-state index contributed by atoms with van der Waals surface area (Å²) in [5, 5.41) is 8.25. The molecule has 0 saturated carbocycles. The zero-order valence-corrected chi connectivity index (χ0v) is 8.12. The number of esters is 1. The van der Waals surface area contributed by atoms with Gasteiger partial charge in [-0.3, -0.25) is 9.59 Å². The smallest absolute Gasteiger partial charge is 0.306 e. The highest BCUT2D eigenvalue weighted by molar-refractivity contribution is 5.76. The number of Topliss-reactive ketones (excluding diaryl/α,β-unsaturated/α-hetero) is 1. The number of hydrogen-bond donors (Lipinski definition) is 1. The number of carbonyl (C=O) groups is 3. The van der Waals surface area contributed by atoms with Crippen LogP contribution < -0.4 is 0 Å². The van der Waals surface area contributed by atoms with Crippen molar-refractivity contribution in [3.05, 3.63) is 0 Å². The lowest BCUT2D eigenvalue weighted by molar-refractivity contribution is -0.147. The molecule has 0 aliphatic rings. The number of carboxylic acids is 1. The quantitative estimate of drug-likeness (QED) is 0.487. The SMILES string of the molecule is CC(=O)CCCOC(=O)CCC(=O)O. The van der Waals surface area contributed by atoms with Gasteiger partial charge in [-0.25, -0.2) is 0 Å². The minimum atomic E-state index is -1.02. The molecule has 0 amide bonds. The maximum Gasteiger partial charge on any atom is 0.306 e. The van der Waals surface area contributed by atoms with Gasteiger partial charge in [-0.05, 0) is 13.3 Å². The van der Waals surface area contributed by atoms with Gasteiger partial charge in [0.15, 0.2) is 0 Å². The van der Waals surface area contributed by atoms with Gasteiger partial charge in [0, 0.05) is 6.42 Å². The summed E-state index contributed by atoms with van der Waals surface area (Å²) in [5.41, 5.74) is 0. The standard InChI is InChI=1S/C9H14O5/c1-7(10)3-2-6-14-9(13)5-4-8(11)12/h2-6H2,1H3,(H,11,12). The van der Waals surface area contributed by atoms with Gasteiger partial charge in [0.25, 0.3) is 0 Å². The van der Waals surface area contributed by atoms with Crippen LogP contribution in [0, 0.1) is 0 Å². The molecule has 0 rings (SSSR count). The molecule has 1 N–H and O–H groups in total. The van der Waals surface area contributed by atoms with Gasteiger partial charge < -0.3 is 14.6 Å². The lowest BCUT2D eigenvalue weighted by atomic mass is 10.2. The highest BCUT2D eigenvalue weighted by Gasteiger charge is 2.06. The van der Waals surface area contributed by atoms with Crippen molar-refractivity contribution in [2.75, 3.05) is 6.61 Å². The molecule has 0 aromatic rings. The van der Waals surface area contributed by atoms with E-state index in [1.807, 2.05) is 0 Å². The molecule has 0 bridgehead atoms. The van der Waals surface area contributed by atoms with Crippen molar-refractivity contribution in [2.45, 2.75) is 32.6 Å². The summed E-state index contributed by atoms with van der Waals surface area (Å²) >= 11 is 0. The summed E-state index contributed by atoms with van der Waals surface area (Å²) in [6, 6.07) is 0. The summed E-state index contributed by atoms with van der Waals surface area (Å²) < 4.78 is 4.69. The Morgan fingerprint density at radius 1 is 1.14 bits per heavy atom. The molecule has 0 unspecified atom stereocenters. The van der Waals surface area contributed by atoms with E-state index in [2.05, 4.69) is 4.74 Å². The molecule has 0 heterocycles. The molecule has 0 spiro atoms. The fourth-order valence-corrected chi connectivity index (χ4v) is 0.788. The summed E-state index contributed by atoms with van der Waals surface area (Å²) in [6.45, 7) is 1.64. The summed E-state index contributed by atoms with van der Waals surface area (Å²) in [4.78, 5) is 31.4. The predicted octanol–water partition coefficient (Wildman–Crippen LogP) is 0.764. The van der Waals surface area contributed by atoms with Crippen molar-refractivity contribution in [1.29, 1.82) is 0 Å². The van der Waals surface area contributed by atoms with E-state index in [0.717, 1.165) is 0 Å². The highest BCUT2D eigenvalue weighted by atomic mass is 16.5. The number of ketones is 1. The Balaban J connectivity index is 3.36. The molecule has 0 aromatic carbocycles. The van der Waals surface area contributed by atoms with Crippen LogP contribution in [0.3, 0.4) is 0 Å². The van der Waals surface area contributed by atoms with Gasteiger partial charge in [-0.1, -0.05) is 0 Å². The second-order valence-electron chi connectivity index (χ2n) is 2.92. The first-order chi connectivity index (χ1) is 6.52. The number of aliphatic carboxylic acids is 1. The number of hydrogen-bond acceptors (Lipinski definition) is 4. The average Bonchev–Trinajstić information content (AvgIpc) is 2.08. The van der Waals surface area contributed by atoms with Crippen LogP contribution in [0.1, 0.15) is 32.6 Å². The van der Waals surface area contributed by atoms with Crippen molar-refractivity contribution in [3.8, 4) is 0 Å². The first-order valence-electron chi connectivity index (χ1n) is 4.39. The molecule has 80 valence electrons. The Morgan fingerprint density at radius 2 is 1.79 bits per heavy atom. The molecule has 0 saturated heterocycles. The maximum absolute atomic E-state index is 10.8. The molecular weight excluding hydrogens is 188 g/mol. The van der Waals surface area contributed by atoms with Crippen LogP contribution in [-0.2, 0) is 19.1 Å². The first-order valence-corrected chi connectivity index (χ1v) is 4.39. The number of rotatable bonds is 7. The van der Waals surface area contributed by atoms with E-state index in [4.69, 9.17) is 5.11 Å². The van der Waals surface area contributed by atoms with Gasteiger partial charge in [0.2, 0.25) is 0 Å². The minimum absolute atomic E-state index is 0.0478. The van der Waals surface area contributed by atoms with Crippen LogP contribution in [0.25, 0.3) is 0 Å². The fourth-order valence-electron chi connectivity index (χ4n) is 0.788. The predicted molar refractivity (Wildman–Crippen MR) is 47.7 cm³/mol. The second-order valence-corrected chi connectivity index (χ2v) is 2.92. The van der Waals surface area contributed by atoms with E-state index >= 15 is 0 Å². The van der Waals surface area contributed by atoms with Crippen molar-refractivity contribution < 1.29 is 24.2 Å². The largest absolute Gasteiger partial charge is 0.481 e. The van der Waals surface area contributed by atoms with Crippen molar-refractivity contribution in [1.82, 2.24) is 0 Å². The second kappa shape index (κ2) is 7.06. The fraction of sp³-hybridized carbons (Fsp3) is 0.667. The van der Waals surface area contributed by atoms with Crippen LogP contribution >= 0.6 is 0 Å². The van der Waals surface area contributed by atoms with Crippen LogP contribution in [0.2, 0.25) is 0 Å². The molecule has 0 aliphatic heterocycles. The van der Waals surface area contributed by atoms with Crippen LogP contribution in [0.15, 0.2) is 0 Å².